The van der Waals surface area contributed by atoms with Crippen molar-refractivity contribution in [2.75, 3.05) is 23.3 Å². The van der Waals surface area contributed by atoms with Crippen LogP contribution in [-0.4, -0.2) is 24.0 Å². The third-order valence-electron chi connectivity index (χ3n) is 3.21. The van der Waals surface area contributed by atoms with Crippen LogP contribution in [0.2, 0.25) is 0 Å². The van der Waals surface area contributed by atoms with Crippen molar-refractivity contribution in [2.24, 2.45) is 0 Å². The van der Waals surface area contributed by atoms with Crippen molar-refractivity contribution in [3.63, 3.8) is 0 Å². The molecular formula is C16H18IN3O. The molecule has 0 fully saturated rings. The topological polar surface area (TPSA) is 45.2 Å². The maximum atomic E-state index is 12.2. The summed E-state index contributed by atoms with van der Waals surface area (Å²) in [6.45, 7) is 6.02. The third-order valence-corrected chi connectivity index (χ3v) is 4.15. The zero-order valence-corrected chi connectivity index (χ0v) is 14.3. The van der Waals surface area contributed by atoms with Gasteiger partial charge in [0.15, 0.2) is 0 Å². The standard InChI is InChI=1S/C16H18IN3O/c1-3-20(4-2)15-10-9-12(11-18-15)19-16(21)13-7-5-6-8-14(13)17/h5-11H,3-4H2,1-2H3,(H,19,21). The molecule has 1 aromatic carbocycles. The van der Waals surface area contributed by atoms with Crippen LogP contribution in [0.3, 0.4) is 0 Å². The highest BCUT2D eigenvalue weighted by molar-refractivity contribution is 14.1. The number of halogens is 1. The van der Waals surface area contributed by atoms with Gasteiger partial charge in [0.25, 0.3) is 5.91 Å². The van der Waals surface area contributed by atoms with E-state index in [-0.39, 0.29) is 5.91 Å². The van der Waals surface area contributed by atoms with E-state index in [0.29, 0.717) is 11.3 Å². The van der Waals surface area contributed by atoms with Crippen molar-refractivity contribution in [1.82, 2.24) is 4.98 Å². The Bertz CT molecular complexity index is 609. The van der Waals surface area contributed by atoms with Gasteiger partial charge in [0.05, 0.1) is 17.4 Å². The number of carbonyl (C=O) groups is 1. The van der Waals surface area contributed by atoms with Crippen LogP contribution < -0.4 is 10.2 Å². The van der Waals surface area contributed by atoms with Gasteiger partial charge in [-0.15, -0.1) is 0 Å². The molecule has 0 radical (unpaired) electrons. The first-order valence-corrected chi connectivity index (χ1v) is 8.00. The summed E-state index contributed by atoms with van der Waals surface area (Å²) in [5, 5.41) is 2.88. The predicted octanol–water partition coefficient (Wildman–Crippen LogP) is 3.78. The Morgan fingerprint density at radius 1 is 1.19 bits per heavy atom. The minimum absolute atomic E-state index is 0.114. The van der Waals surface area contributed by atoms with Crippen molar-refractivity contribution >= 4 is 40.0 Å². The Hall–Kier alpha value is -1.63. The molecule has 0 bridgehead atoms. The maximum absolute atomic E-state index is 12.2. The van der Waals surface area contributed by atoms with Gasteiger partial charge >= 0.3 is 0 Å². The van der Waals surface area contributed by atoms with Crippen LogP contribution in [-0.2, 0) is 0 Å². The number of carbonyl (C=O) groups excluding carboxylic acids is 1. The van der Waals surface area contributed by atoms with Crippen LogP contribution in [0.4, 0.5) is 11.5 Å². The third kappa shape index (κ3) is 3.93. The zero-order chi connectivity index (χ0) is 15.2. The Kier molecular flexibility index (Phi) is 5.55. The SMILES string of the molecule is CCN(CC)c1ccc(NC(=O)c2ccccc2I)cn1. The van der Waals surface area contributed by atoms with E-state index in [1.165, 1.54) is 0 Å². The first kappa shape index (κ1) is 15.8. The molecule has 110 valence electrons. The number of rotatable bonds is 5. The molecule has 4 nitrogen and oxygen atoms in total. The van der Waals surface area contributed by atoms with E-state index >= 15 is 0 Å². The van der Waals surface area contributed by atoms with E-state index in [2.05, 4.69) is 51.6 Å². The van der Waals surface area contributed by atoms with Gasteiger partial charge in [-0.05, 0) is 60.7 Å². The maximum Gasteiger partial charge on any atom is 0.256 e. The fourth-order valence-corrected chi connectivity index (χ4v) is 2.67. The molecule has 2 aromatic rings. The van der Waals surface area contributed by atoms with Crippen molar-refractivity contribution in [3.05, 3.63) is 51.7 Å². The van der Waals surface area contributed by atoms with Crippen LogP contribution in [0, 0.1) is 3.57 Å². The lowest BCUT2D eigenvalue weighted by Crippen LogP contribution is -2.23. The smallest absolute Gasteiger partial charge is 0.256 e. The van der Waals surface area contributed by atoms with Gasteiger partial charge < -0.3 is 10.2 Å². The van der Waals surface area contributed by atoms with Crippen molar-refractivity contribution in [2.45, 2.75) is 13.8 Å². The fraction of sp³-hybridized carbons (Fsp3) is 0.250. The lowest BCUT2D eigenvalue weighted by atomic mass is 10.2. The van der Waals surface area contributed by atoms with Crippen LogP contribution in [0.15, 0.2) is 42.6 Å². The molecule has 1 N–H and O–H groups in total. The molecule has 1 heterocycles. The molecule has 21 heavy (non-hydrogen) atoms. The average Bonchev–Trinajstić information content (AvgIpc) is 2.50. The van der Waals surface area contributed by atoms with Crippen molar-refractivity contribution < 1.29 is 4.79 Å². The number of hydrogen-bond acceptors (Lipinski definition) is 3. The van der Waals surface area contributed by atoms with Crippen molar-refractivity contribution in [3.8, 4) is 0 Å². The van der Waals surface area contributed by atoms with Crippen LogP contribution in [0.5, 0.6) is 0 Å². The molecule has 1 aromatic heterocycles. The first-order valence-electron chi connectivity index (χ1n) is 6.92. The molecule has 0 saturated heterocycles. The molecular weight excluding hydrogens is 377 g/mol. The monoisotopic (exact) mass is 395 g/mol. The highest BCUT2D eigenvalue weighted by Crippen LogP contribution is 2.16. The summed E-state index contributed by atoms with van der Waals surface area (Å²) < 4.78 is 0.931. The van der Waals surface area contributed by atoms with E-state index in [4.69, 9.17) is 0 Å². The number of aromatic nitrogens is 1. The molecule has 1 amide bonds. The molecule has 0 unspecified atom stereocenters. The number of hydrogen-bond donors (Lipinski definition) is 1. The van der Waals surface area contributed by atoms with Gasteiger partial charge in [0, 0.05) is 16.7 Å². The Labute approximate surface area is 138 Å². The van der Waals surface area contributed by atoms with Crippen LogP contribution in [0.1, 0.15) is 24.2 Å². The lowest BCUT2D eigenvalue weighted by Gasteiger charge is -2.19. The molecule has 2 rings (SSSR count). The van der Waals surface area contributed by atoms with Crippen LogP contribution >= 0.6 is 22.6 Å². The predicted molar refractivity (Wildman–Crippen MR) is 94.9 cm³/mol. The van der Waals surface area contributed by atoms with E-state index in [0.717, 1.165) is 22.5 Å². The number of nitrogens with zero attached hydrogens (tertiary/aromatic N) is 2. The summed E-state index contributed by atoms with van der Waals surface area (Å²) in [4.78, 5) is 18.8. The van der Waals surface area contributed by atoms with E-state index < -0.39 is 0 Å². The van der Waals surface area contributed by atoms with Gasteiger partial charge in [-0.3, -0.25) is 4.79 Å². The summed E-state index contributed by atoms with van der Waals surface area (Å²) in [6, 6.07) is 11.3. The minimum Gasteiger partial charge on any atom is -0.357 e. The summed E-state index contributed by atoms with van der Waals surface area (Å²) in [6.07, 6.45) is 1.70. The van der Waals surface area contributed by atoms with E-state index in [1.54, 1.807) is 6.20 Å². The zero-order valence-electron chi connectivity index (χ0n) is 12.1. The van der Waals surface area contributed by atoms with E-state index in [1.807, 2.05) is 36.4 Å². The second-order valence-electron chi connectivity index (χ2n) is 4.51. The summed E-state index contributed by atoms with van der Waals surface area (Å²) in [5.41, 5.74) is 1.38. The second kappa shape index (κ2) is 7.40. The minimum atomic E-state index is -0.114. The normalized spacial score (nSPS) is 10.2. The molecule has 5 heteroatoms. The number of amides is 1. The summed E-state index contributed by atoms with van der Waals surface area (Å²) >= 11 is 2.16. The molecule has 0 aliphatic heterocycles. The number of pyridine rings is 1. The van der Waals surface area contributed by atoms with E-state index in [9.17, 15) is 4.79 Å². The highest BCUT2D eigenvalue weighted by Gasteiger charge is 2.10. The molecule has 0 aliphatic rings. The average molecular weight is 395 g/mol. The van der Waals surface area contributed by atoms with Gasteiger partial charge in [0.1, 0.15) is 5.82 Å². The largest absolute Gasteiger partial charge is 0.357 e. The molecule has 0 spiro atoms. The van der Waals surface area contributed by atoms with Gasteiger partial charge in [-0.25, -0.2) is 4.98 Å². The van der Waals surface area contributed by atoms with Crippen molar-refractivity contribution in [1.29, 1.82) is 0 Å². The second-order valence-corrected chi connectivity index (χ2v) is 5.67. The van der Waals surface area contributed by atoms with Gasteiger partial charge in [0.2, 0.25) is 0 Å². The Balaban J connectivity index is 2.10. The molecule has 0 atom stereocenters. The van der Waals surface area contributed by atoms with Gasteiger partial charge in [-0.1, -0.05) is 12.1 Å². The number of benzene rings is 1. The quantitative estimate of drug-likeness (QED) is 0.784. The first-order chi connectivity index (χ1) is 10.2. The molecule has 0 aliphatic carbocycles. The van der Waals surface area contributed by atoms with Crippen LogP contribution in [0.25, 0.3) is 0 Å². The lowest BCUT2D eigenvalue weighted by molar-refractivity contribution is 0.102. The fourth-order valence-electron chi connectivity index (χ4n) is 2.04. The Morgan fingerprint density at radius 3 is 2.48 bits per heavy atom. The molecule has 0 saturated carbocycles. The van der Waals surface area contributed by atoms with Gasteiger partial charge in [-0.2, -0.15) is 0 Å². The summed E-state index contributed by atoms with van der Waals surface area (Å²) in [5.74, 6) is 0.810. The highest BCUT2D eigenvalue weighted by atomic mass is 127. The number of anilines is 2. The summed E-state index contributed by atoms with van der Waals surface area (Å²) in [7, 11) is 0. The Morgan fingerprint density at radius 2 is 1.90 bits per heavy atom. The number of nitrogens with one attached hydrogen (secondary N) is 1.